The third-order valence-electron chi connectivity index (χ3n) is 5.40. The molecule has 5 rings (SSSR count). The molecule has 0 radical (unpaired) electrons. The normalized spacial score (nSPS) is 11.4. The molecule has 0 amide bonds. The Morgan fingerprint density at radius 3 is 2.78 bits per heavy atom. The number of para-hydroxylation sites is 1. The van der Waals surface area contributed by atoms with Crippen molar-refractivity contribution in [1.29, 1.82) is 0 Å². The lowest BCUT2D eigenvalue weighted by molar-refractivity contribution is -0.139. The average Bonchev–Trinajstić information content (AvgIpc) is 3.30. The Bertz CT molecular complexity index is 1760. The zero-order chi connectivity index (χ0) is 26.1. The van der Waals surface area contributed by atoms with Crippen molar-refractivity contribution in [3.05, 3.63) is 86.1 Å². The number of carboxylic acid groups (broad SMARTS) is 1. The third kappa shape index (κ3) is 4.93. The zero-order valence-corrected chi connectivity index (χ0v) is 21.5. The fourth-order valence-corrected chi connectivity index (χ4v) is 4.30. The average molecular weight is 583 g/mol. The zero-order valence-electron chi connectivity index (χ0n) is 19.1. The number of halogens is 2. The molecule has 0 spiro atoms. The van der Waals surface area contributed by atoms with Crippen molar-refractivity contribution in [1.82, 2.24) is 9.66 Å². The quantitative estimate of drug-likeness (QED) is 0.249. The molecule has 0 saturated heterocycles. The summed E-state index contributed by atoms with van der Waals surface area (Å²) in [5.41, 5.74) is 1.23. The number of hydrogen-bond donors (Lipinski definition) is 1. The molecule has 0 atom stereocenters. The number of aromatic nitrogens is 2. The summed E-state index contributed by atoms with van der Waals surface area (Å²) in [6, 6.07) is 17.1. The summed E-state index contributed by atoms with van der Waals surface area (Å²) < 4.78 is 18.3. The highest BCUT2D eigenvalue weighted by Gasteiger charge is 2.17. The lowest BCUT2D eigenvalue weighted by Crippen LogP contribution is -2.20. The number of aliphatic carboxylic acids is 1. The van der Waals surface area contributed by atoms with Crippen LogP contribution in [0.4, 0.5) is 0 Å². The number of nitrogens with zero attached hydrogens (tertiary/aromatic N) is 3. The first-order valence-electron chi connectivity index (χ1n) is 10.8. The topological polar surface area (TPSA) is 116 Å². The Labute approximate surface area is 222 Å². The summed E-state index contributed by atoms with van der Waals surface area (Å²) in [6.07, 6.45) is 1.45. The number of benzene rings is 3. The third-order valence-corrected chi connectivity index (χ3v) is 6.32. The Hall–Kier alpha value is -4.15. The summed E-state index contributed by atoms with van der Waals surface area (Å²) >= 11 is 9.56. The molecule has 3 aromatic carbocycles. The van der Waals surface area contributed by atoms with Crippen LogP contribution in [0.2, 0.25) is 5.02 Å². The van der Waals surface area contributed by atoms with Crippen molar-refractivity contribution in [3.8, 4) is 23.1 Å². The van der Waals surface area contributed by atoms with Gasteiger partial charge in [-0.2, -0.15) is 9.78 Å². The van der Waals surface area contributed by atoms with Crippen LogP contribution >= 0.6 is 27.5 Å². The van der Waals surface area contributed by atoms with Gasteiger partial charge in [0.15, 0.2) is 23.9 Å². The first kappa shape index (κ1) is 24.5. The maximum Gasteiger partial charge on any atom is 0.341 e. The van der Waals surface area contributed by atoms with E-state index in [2.05, 4.69) is 26.0 Å². The minimum absolute atomic E-state index is 0.205. The molecule has 0 aliphatic heterocycles. The van der Waals surface area contributed by atoms with Crippen LogP contribution in [0.5, 0.6) is 11.5 Å². The van der Waals surface area contributed by atoms with E-state index in [1.807, 2.05) is 0 Å². The van der Waals surface area contributed by atoms with Gasteiger partial charge < -0.3 is 19.0 Å². The highest BCUT2D eigenvalue weighted by molar-refractivity contribution is 9.10. The standard InChI is InChI=1S/C26H17BrClN3O6/c1-35-21-10-15(18(27)11-22(21)36-13-24(32)33)12-29-31-25(30-19-5-3-2-4-17(19)26(31)34)23-9-14-8-16(28)6-7-20(14)37-23/h2-12H,13H2,1H3,(H,32,33). The molecule has 11 heteroatoms. The van der Waals surface area contributed by atoms with E-state index >= 15 is 0 Å². The number of hydrogen-bond acceptors (Lipinski definition) is 7. The Morgan fingerprint density at radius 1 is 1.19 bits per heavy atom. The lowest BCUT2D eigenvalue weighted by Gasteiger charge is -2.11. The second-order valence-corrected chi connectivity index (χ2v) is 9.10. The smallest absolute Gasteiger partial charge is 0.341 e. The molecule has 0 aliphatic carbocycles. The van der Waals surface area contributed by atoms with Crippen molar-refractivity contribution in [2.24, 2.45) is 5.10 Å². The first-order valence-corrected chi connectivity index (χ1v) is 12.0. The van der Waals surface area contributed by atoms with E-state index in [1.54, 1.807) is 60.7 Å². The van der Waals surface area contributed by atoms with Crippen LogP contribution in [0.3, 0.4) is 0 Å². The van der Waals surface area contributed by atoms with Crippen LogP contribution in [0, 0.1) is 0 Å². The van der Waals surface area contributed by atoms with E-state index in [1.165, 1.54) is 13.3 Å². The van der Waals surface area contributed by atoms with Gasteiger partial charge >= 0.3 is 5.97 Å². The first-order chi connectivity index (χ1) is 17.8. The van der Waals surface area contributed by atoms with Gasteiger partial charge in [-0.15, -0.1) is 0 Å². The number of furan rings is 1. The van der Waals surface area contributed by atoms with Crippen molar-refractivity contribution in [3.63, 3.8) is 0 Å². The van der Waals surface area contributed by atoms with E-state index in [-0.39, 0.29) is 17.1 Å². The summed E-state index contributed by atoms with van der Waals surface area (Å²) in [5.74, 6) is -0.0418. The number of ether oxygens (including phenoxy) is 2. The van der Waals surface area contributed by atoms with E-state index in [4.69, 9.17) is 30.6 Å². The summed E-state index contributed by atoms with van der Waals surface area (Å²) in [4.78, 5) is 29.0. The van der Waals surface area contributed by atoms with Gasteiger partial charge in [0, 0.05) is 20.4 Å². The molecular weight excluding hydrogens is 566 g/mol. The van der Waals surface area contributed by atoms with Gasteiger partial charge in [0.2, 0.25) is 5.82 Å². The molecule has 2 heterocycles. The van der Waals surface area contributed by atoms with Gasteiger partial charge in [0.25, 0.3) is 5.56 Å². The fraction of sp³-hybridized carbons (Fsp3) is 0.0769. The second kappa shape index (κ2) is 10.1. The van der Waals surface area contributed by atoms with Crippen LogP contribution < -0.4 is 15.0 Å². The maximum absolute atomic E-state index is 13.5. The summed E-state index contributed by atoms with van der Waals surface area (Å²) in [5, 5.41) is 15.0. The van der Waals surface area contributed by atoms with Crippen LogP contribution in [-0.4, -0.2) is 40.7 Å². The molecule has 0 bridgehead atoms. The van der Waals surface area contributed by atoms with E-state index in [0.29, 0.717) is 43.1 Å². The predicted molar refractivity (Wildman–Crippen MR) is 143 cm³/mol. The highest BCUT2D eigenvalue weighted by atomic mass is 79.9. The van der Waals surface area contributed by atoms with Gasteiger partial charge in [0.1, 0.15) is 5.58 Å². The number of rotatable bonds is 7. The van der Waals surface area contributed by atoms with E-state index in [0.717, 1.165) is 10.1 Å². The lowest BCUT2D eigenvalue weighted by atomic mass is 10.2. The maximum atomic E-state index is 13.5. The van der Waals surface area contributed by atoms with Crippen LogP contribution in [0.15, 0.2) is 79.4 Å². The van der Waals surface area contributed by atoms with Crippen LogP contribution in [0.1, 0.15) is 5.56 Å². The van der Waals surface area contributed by atoms with Crippen molar-refractivity contribution in [2.75, 3.05) is 13.7 Å². The van der Waals surface area contributed by atoms with Gasteiger partial charge in [-0.25, -0.2) is 9.78 Å². The molecule has 5 aromatic rings. The number of carbonyl (C=O) groups is 1. The molecule has 37 heavy (non-hydrogen) atoms. The van der Waals surface area contributed by atoms with Gasteiger partial charge in [-0.05, 0) is 64.5 Å². The van der Waals surface area contributed by atoms with Crippen molar-refractivity contribution in [2.45, 2.75) is 0 Å². The Balaban J connectivity index is 1.64. The van der Waals surface area contributed by atoms with Crippen LogP contribution in [-0.2, 0) is 4.79 Å². The molecule has 2 aromatic heterocycles. The molecular formula is C26H17BrClN3O6. The van der Waals surface area contributed by atoms with Crippen LogP contribution in [0.25, 0.3) is 33.5 Å². The molecule has 0 unspecified atom stereocenters. The van der Waals surface area contributed by atoms with Gasteiger partial charge in [0.05, 0.1) is 24.2 Å². The largest absolute Gasteiger partial charge is 0.493 e. The predicted octanol–water partition coefficient (Wildman–Crippen LogP) is 5.58. The van der Waals surface area contributed by atoms with Crippen molar-refractivity contribution < 1.29 is 23.8 Å². The number of carboxylic acids is 1. The molecule has 1 N–H and O–H groups in total. The molecule has 186 valence electrons. The van der Waals surface area contributed by atoms with Gasteiger partial charge in [-0.1, -0.05) is 23.7 Å². The molecule has 9 nitrogen and oxygen atoms in total. The molecule has 0 fully saturated rings. The highest BCUT2D eigenvalue weighted by Crippen LogP contribution is 2.33. The number of methoxy groups -OCH3 is 1. The Kier molecular flexibility index (Phi) is 6.68. The molecule has 0 saturated carbocycles. The van der Waals surface area contributed by atoms with Gasteiger partial charge in [-0.3, -0.25) is 4.79 Å². The fourth-order valence-electron chi connectivity index (χ4n) is 3.70. The van der Waals surface area contributed by atoms with Crippen molar-refractivity contribution >= 4 is 61.6 Å². The minimum Gasteiger partial charge on any atom is -0.493 e. The minimum atomic E-state index is -1.12. The van der Waals surface area contributed by atoms with E-state index < -0.39 is 12.6 Å². The monoisotopic (exact) mass is 581 g/mol. The molecule has 0 aliphatic rings. The second-order valence-electron chi connectivity index (χ2n) is 7.81. The summed E-state index contributed by atoms with van der Waals surface area (Å²) in [6.45, 7) is -0.527. The number of fused-ring (bicyclic) bond motifs is 2. The summed E-state index contributed by atoms with van der Waals surface area (Å²) in [7, 11) is 1.43. The SMILES string of the molecule is COc1cc(C=Nn2c(-c3cc4cc(Cl)ccc4o3)nc3ccccc3c2=O)c(Br)cc1OCC(=O)O. The Morgan fingerprint density at radius 2 is 2.00 bits per heavy atom. The van der Waals surface area contributed by atoms with E-state index in [9.17, 15) is 9.59 Å².